The molecule has 2 unspecified atom stereocenters. The number of carbonyl (C=O) groups is 2. The van der Waals surface area contributed by atoms with Crippen molar-refractivity contribution < 1.29 is 14.7 Å². The zero-order valence-electron chi connectivity index (χ0n) is 10.2. The number of nitrogens with one attached hydrogen (secondary N) is 2. The molecule has 0 saturated heterocycles. The van der Waals surface area contributed by atoms with Gasteiger partial charge in [-0.15, -0.1) is 0 Å². The van der Waals surface area contributed by atoms with Gasteiger partial charge in [0, 0.05) is 6.04 Å². The number of hydrogen-bond acceptors (Lipinski definition) is 3. The molecule has 5 nitrogen and oxygen atoms in total. The highest BCUT2D eigenvalue weighted by atomic mass is 16.4. The second-order valence-corrected chi connectivity index (χ2v) is 3.94. The van der Waals surface area contributed by atoms with E-state index in [-0.39, 0.29) is 18.5 Å². The maximum absolute atomic E-state index is 11.4. The van der Waals surface area contributed by atoms with Crippen molar-refractivity contribution >= 4 is 11.9 Å². The fraction of sp³-hybridized carbons (Fsp3) is 0.818. The summed E-state index contributed by atoms with van der Waals surface area (Å²) >= 11 is 0. The molecule has 0 aliphatic carbocycles. The van der Waals surface area contributed by atoms with E-state index in [4.69, 9.17) is 5.11 Å². The fourth-order valence-electron chi connectivity index (χ4n) is 1.25. The standard InChI is InChI=1S/C11H22N2O3/c1-4-6-9(11(15)16)12-7-10(14)13-8(3)5-2/h8-9,12H,4-7H2,1-3H3,(H,13,14)(H,15,16). The molecule has 5 heteroatoms. The first kappa shape index (κ1) is 14.9. The number of rotatable bonds is 8. The highest BCUT2D eigenvalue weighted by Crippen LogP contribution is 1.96. The smallest absolute Gasteiger partial charge is 0.320 e. The third kappa shape index (κ3) is 6.40. The zero-order valence-corrected chi connectivity index (χ0v) is 10.2. The van der Waals surface area contributed by atoms with E-state index in [9.17, 15) is 9.59 Å². The van der Waals surface area contributed by atoms with Crippen molar-refractivity contribution in [1.29, 1.82) is 0 Å². The molecule has 1 amide bonds. The molecule has 0 aliphatic heterocycles. The second kappa shape index (κ2) is 8.10. The molecule has 0 fully saturated rings. The summed E-state index contributed by atoms with van der Waals surface area (Å²) < 4.78 is 0. The van der Waals surface area contributed by atoms with Crippen LogP contribution in [0.1, 0.15) is 40.0 Å². The average molecular weight is 230 g/mol. The molecule has 0 aliphatic rings. The van der Waals surface area contributed by atoms with Crippen LogP contribution in [0, 0.1) is 0 Å². The third-order valence-corrected chi connectivity index (χ3v) is 2.40. The summed E-state index contributed by atoms with van der Waals surface area (Å²) in [5, 5.41) is 14.4. The van der Waals surface area contributed by atoms with E-state index < -0.39 is 12.0 Å². The number of carbonyl (C=O) groups excluding carboxylic acids is 1. The molecule has 0 spiro atoms. The van der Waals surface area contributed by atoms with Crippen molar-refractivity contribution in [2.24, 2.45) is 0 Å². The van der Waals surface area contributed by atoms with Gasteiger partial charge in [0.1, 0.15) is 6.04 Å². The predicted octanol–water partition coefficient (Wildman–Crippen LogP) is 0.744. The largest absolute Gasteiger partial charge is 0.480 e. The van der Waals surface area contributed by atoms with Crippen LogP contribution in [0.25, 0.3) is 0 Å². The quantitative estimate of drug-likeness (QED) is 0.575. The van der Waals surface area contributed by atoms with Crippen LogP contribution in [0.4, 0.5) is 0 Å². The fourth-order valence-corrected chi connectivity index (χ4v) is 1.25. The summed E-state index contributed by atoms with van der Waals surface area (Å²) in [7, 11) is 0. The highest BCUT2D eigenvalue weighted by Gasteiger charge is 2.16. The molecule has 0 aromatic carbocycles. The van der Waals surface area contributed by atoms with Crippen molar-refractivity contribution in [3.8, 4) is 0 Å². The molecule has 3 N–H and O–H groups in total. The molecule has 0 aromatic heterocycles. The summed E-state index contributed by atoms with van der Waals surface area (Å²) in [6.45, 7) is 5.87. The number of amides is 1. The first-order valence-electron chi connectivity index (χ1n) is 5.76. The van der Waals surface area contributed by atoms with Gasteiger partial charge in [-0.3, -0.25) is 14.9 Å². The van der Waals surface area contributed by atoms with Gasteiger partial charge < -0.3 is 10.4 Å². The minimum absolute atomic E-state index is 0.0569. The molecule has 0 saturated carbocycles. The van der Waals surface area contributed by atoms with E-state index in [2.05, 4.69) is 10.6 Å². The molecular formula is C11H22N2O3. The molecule has 0 heterocycles. The minimum atomic E-state index is -0.904. The monoisotopic (exact) mass is 230 g/mol. The Kier molecular flexibility index (Phi) is 7.54. The Balaban J connectivity index is 3.91. The van der Waals surface area contributed by atoms with Gasteiger partial charge in [-0.1, -0.05) is 20.3 Å². The van der Waals surface area contributed by atoms with Crippen LogP contribution in [0.2, 0.25) is 0 Å². The highest BCUT2D eigenvalue weighted by molar-refractivity contribution is 5.80. The third-order valence-electron chi connectivity index (χ3n) is 2.40. The van der Waals surface area contributed by atoms with Crippen LogP contribution < -0.4 is 10.6 Å². The van der Waals surface area contributed by atoms with Crippen LogP contribution in [-0.4, -0.2) is 35.6 Å². The second-order valence-electron chi connectivity index (χ2n) is 3.94. The van der Waals surface area contributed by atoms with E-state index in [1.54, 1.807) is 0 Å². The van der Waals surface area contributed by atoms with Gasteiger partial charge in [0.2, 0.25) is 5.91 Å². The van der Waals surface area contributed by atoms with Crippen LogP contribution in [0.15, 0.2) is 0 Å². The van der Waals surface area contributed by atoms with Crippen molar-refractivity contribution in [2.75, 3.05) is 6.54 Å². The Hall–Kier alpha value is -1.10. The Morgan fingerprint density at radius 2 is 1.94 bits per heavy atom. The average Bonchev–Trinajstić information content (AvgIpc) is 2.23. The molecule has 0 aromatic rings. The van der Waals surface area contributed by atoms with Gasteiger partial charge in [0.05, 0.1) is 6.54 Å². The lowest BCUT2D eigenvalue weighted by Gasteiger charge is -2.15. The van der Waals surface area contributed by atoms with Gasteiger partial charge in [-0.2, -0.15) is 0 Å². The Morgan fingerprint density at radius 3 is 2.38 bits per heavy atom. The summed E-state index contributed by atoms with van der Waals surface area (Å²) in [4.78, 5) is 22.2. The van der Waals surface area contributed by atoms with E-state index in [0.29, 0.717) is 6.42 Å². The Labute approximate surface area is 96.6 Å². The number of carboxylic acid groups (broad SMARTS) is 1. The van der Waals surface area contributed by atoms with Crippen LogP contribution >= 0.6 is 0 Å². The van der Waals surface area contributed by atoms with E-state index in [1.807, 2.05) is 20.8 Å². The van der Waals surface area contributed by atoms with Crippen LogP contribution in [-0.2, 0) is 9.59 Å². The zero-order chi connectivity index (χ0) is 12.6. The number of hydrogen-bond donors (Lipinski definition) is 3. The summed E-state index contributed by atoms with van der Waals surface area (Å²) in [6, 6.07) is -0.503. The topological polar surface area (TPSA) is 78.4 Å². The lowest BCUT2D eigenvalue weighted by atomic mass is 10.1. The SMILES string of the molecule is CCCC(NCC(=O)NC(C)CC)C(=O)O. The van der Waals surface area contributed by atoms with Crippen molar-refractivity contribution in [2.45, 2.75) is 52.1 Å². The van der Waals surface area contributed by atoms with Crippen molar-refractivity contribution in [1.82, 2.24) is 10.6 Å². The number of aliphatic carboxylic acids is 1. The maximum Gasteiger partial charge on any atom is 0.320 e. The van der Waals surface area contributed by atoms with Crippen LogP contribution in [0.5, 0.6) is 0 Å². The van der Waals surface area contributed by atoms with E-state index in [1.165, 1.54) is 0 Å². The first-order chi connectivity index (χ1) is 7.51. The van der Waals surface area contributed by atoms with Crippen LogP contribution in [0.3, 0.4) is 0 Å². The minimum Gasteiger partial charge on any atom is -0.480 e. The summed E-state index contributed by atoms with van der Waals surface area (Å²) in [5.41, 5.74) is 0. The van der Waals surface area contributed by atoms with Gasteiger partial charge in [0.25, 0.3) is 0 Å². The molecule has 0 radical (unpaired) electrons. The lowest BCUT2D eigenvalue weighted by molar-refractivity contribution is -0.139. The molecule has 0 rings (SSSR count). The van der Waals surface area contributed by atoms with E-state index in [0.717, 1.165) is 12.8 Å². The van der Waals surface area contributed by atoms with Gasteiger partial charge >= 0.3 is 5.97 Å². The molecule has 2 atom stereocenters. The molecular weight excluding hydrogens is 208 g/mol. The van der Waals surface area contributed by atoms with Gasteiger partial charge in [0.15, 0.2) is 0 Å². The van der Waals surface area contributed by atoms with Crippen molar-refractivity contribution in [3.05, 3.63) is 0 Å². The normalized spacial score (nSPS) is 14.2. The Bertz CT molecular complexity index is 231. The van der Waals surface area contributed by atoms with Crippen molar-refractivity contribution in [3.63, 3.8) is 0 Å². The van der Waals surface area contributed by atoms with Gasteiger partial charge in [-0.05, 0) is 19.8 Å². The number of carboxylic acids is 1. The van der Waals surface area contributed by atoms with E-state index >= 15 is 0 Å². The maximum atomic E-state index is 11.4. The summed E-state index contributed by atoms with van der Waals surface area (Å²) in [6.07, 6.45) is 2.17. The molecule has 16 heavy (non-hydrogen) atoms. The molecule has 0 bridgehead atoms. The first-order valence-corrected chi connectivity index (χ1v) is 5.76. The molecule has 94 valence electrons. The predicted molar refractivity (Wildman–Crippen MR) is 62.2 cm³/mol. The lowest BCUT2D eigenvalue weighted by Crippen LogP contribution is -2.44. The summed E-state index contributed by atoms with van der Waals surface area (Å²) in [5.74, 6) is -1.06. The Morgan fingerprint density at radius 1 is 1.31 bits per heavy atom. The van der Waals surface area contributed by atoms with Gasteiger partial charge in [-0.25, -0.2) is 0 Å².